The number of thiazole rings is 1. The van der Waals surface area contributed by atoms with Crippen LogP contribution in [0.15, 0.2) is 60.8 Å². The quantitative estimate of drug-likeness (QED) is 0.452. The Morgan fingerprint density at radius 3 is 2.83 bits per heavy atom. The fourth-order valence-electron chi connectivity index (χ4n) is 3.88. The van der Waals surface area contributed by atoms with Crippen molar-refractivity contribution in [2.75, 3.05) is 0 Å². The molecule has 0 atom stereocenters. The van der Waals surface area contributed by atoms with Gasteiger partial charge in [0.1, 0.15) is 11.5 Å². The highest BCUT2D eigenvalue weighted by atomic mass is 32.1. The summed E-state index contributed by atoms with van der Waals surface area (Å²) in [5, 5.41) is 0.976. The molecule has 0 saturated heterocycles. The van der Waals surface area contributed by atoms with Gasteiger partial charge in [-0.05, 0) is 54.4 Å². The predicted octanol–water partition coefficient (Wildman–Crippen LogP) is 4.91. The van der Waals surface area contributed by atoms with Gasteiger partial charge >= 0.3 is 0 Å². The largest absolute Gasteiger partial charge is 0.364 e. The second-order valence-electron chi connectivity index (χ2n) is 7.09. The number of amides is 1. The van der Waals surface area contributed by atoms with Gasteiger partial charge in [0, 0.05) is 18.3 Å². The zero-order valence-electron chi connectivity index (χ0n) is 16.1. The third-order valence-corrected chi connectivity index (χ3v) is 6.02. The second-order valence-corrected chi connectivity index (χ2v) is 8.33. The number of benzene rings is 2. The summed E-state index contributed by atoms with van der Waals surface area (Å²) in [7, 11) is 0. The summed E-state index contributed by atoms with van der Waals surface area (Å²) in [6.45, 7) is 2.27. The first-order valence-electron chi connectivity index (χ1n) is 9.40. The van der Waals surface area contributed by atoms with Crippen LogP contribution in [0.5, 0.6) is 0 Å². The third kappa shape index (κ3) is 3.04. The van der Waals surface area contributed by atoms with Gasteiger partial charge < -0.3 is 10.3 Å². The molecule has 0 bridgehead atoms. The minimum Gasteiger partial charge on any atom is -0.364 e. The number of hydrogen-bond acceptors (Lipinski definition) is 4. The highest BCUT2D eigenvalue weighted by Gasteiger charge is 2.24. The minimum absolute atomic E-state index is 0.302. The van der Waals surface area contributed by atoms with E-state index in [1.165, 1.54) is 12.1 Å². The number of aryl methyl sites for hydroxylation is 1. The maximum absolute atomic E-state index is 13.7. The Morgan fingerprint density at radius 2 is 2.03 bits per heavy atom. The second kappa shape index (κ2) is 7.03. The zero-order chi connectivity index (χ0) is 20.8. The number of halogens is 1. The Kier molecular flexibility index (Phi) is 4.33. The molecule has 5 nitrogen and oxygen atoms in total. The van der Waals surface area contributed by atoms with Crippen LogP contribution in [0.3, 0.4) is 0 Å². The zero-order valence-corrected chi connectivity index (χ0v) is 16.9. The first-order chi connectivity index (χ1) is 14.5. The van der Waals surface area contributed by atoms with Crippen molar-refractivity contribution in [3.05, 3.63) is 82.9 Å². The average Bonchev–Trinajstić information content (AvgIpc) is 3.24. The topological polar surface area (TPSA) is 73.8 Å². The smallest absolute Gasteiger partial charge is 0.266 e. The molecule has 148 valence electrons. The molecule has 0 aliphatic carbocycles. The summed E-state index contributed by atoms with van der Waals surface area (Å²) in [5.74, 6) is -0.888. The van der Waals surface area contributed by atoms with Gasteiger partial charge in [-0.25, -0.2) is 9.37 Å². The molecule has 1 amide bonds. The summed E-state index contributed by atoms with van der Waals surface area (Å²) in [6.07, 6.45) is 1.69. The van der Waals surface area contributed by atoms with Gasteiger partial charge in [-0.15, -0.1) is 11.3 Å². The van der Waals surface area contributed by atoms with Crippen LogP contribution in [0.2, 0.25) is 0 Å². The van der Waals surface area contributed by atoms with E-state index in [0.717, 1.165) is 31.9 Å². The standard InChI is InChI=1S/C23H17FN4OS/c1-13-27-17-11-15(7-8-19(17)30-13)20-21-18(6-3-9-26-21)28(22(20)23(25)29)12-14-4-2-5-16(24)10-14/h2-11H,12H2,1H3,(H2,25,29). The summed E-state index contributed by atoms with van der Waals surface area (Å²) in [6, 6.07) is 15.9. The highest BCUT2D eigenvalue weighted by molar-refractivity contribution is 7.18. The molecule has 2 aromatic carbocycles. The third-order valence-electron chi connectivity index (χ3n) is 5.07. The lowest BCUT2D eigenvalue weighted by molar-refractivity contribution is 0.0993. The van der Waals surface area contributed by atoms with Crippen molar-refractivity contribution in [1.82, 2.24) is 14.5 Å². The highest BCUT2D eigenvalue weighted by Crippen LogP contribution is 2.36. The Labute approximate surface area is 175 Å². The molecule has 3 heterocycles. The summed E-state index contributed by atoms with van der Waals surface area (Å²) >= 11 is 1.62. The van der Waals surface area contributed by atoms with Gasteiger partial charge in [0.25, 0.3) is 5.91 Å². The number of carbonyl (C=O) groups excluding carboxylic acids is 1. The number of nitrogens with two attached hydrogens (primary N) is 1. The minimum atomic E-state index is -0.561. The lowest BCUT2D eigenvalue weighted by Crippen LogP contribution is -2.18. The molecule has 0 radical (unpaired) electrons. The van der Waals surface area contributed by atoms with Gasteiger partial charge in [0.15, 0.2) is 0 Å². The number of rotatable bonds is 4. The number of pyridine rings is 1. The average molecular weight is 416 g/mol. The van der Waals surface area contributed by atoms with Crippen molar-refractivity contribution < 1.29 is 9.18 Å². The van der Waals surface area contributed by atoms with Crippen molar-refractivity contribution in [2.45, 2.75) is 13.5 Å². The van der Waals surface area contributed by atoms with Crippen LogP contribution in [-0.4, -0.2) is 20.4 Å². The SMILES string of the molecule is Cc1nc2cc(-c3c(C(N)=O)n(Cc4cccc(F)c4)c4cccnc34)ccc2s1. The van der Waals surface area contributed by atoms with E-state index in [9.17, 15) is 9.18 Å². The summed E-state index contributed by atoms with van der Waals surface area (Å²) in [5.41, 5.74) is 10.7. The lowest BCUT2D eigenvalue weighted by atomic mass is 10.0. The normalized spacial score (nSPS) is 11.4. The van der Waals surface area contributed by atoms with E-state index < -0.39 is 5.91 Å². The molecule has 7 heteroatoms. The molecular weight excluding hydrogens is 399 g/mol. The molecule has 0 aliphatic rings. The predicted molar refractivity (Wildman–Crippen MR) is 117 cm³/mol. The Hall–Kier alpha value is -3.58. The van der Waals surface area contributed by atoms with Crippen molar-refractivity contribution in [3.63, 3.8) is 0 Å². The number of aromatic nitrogens is 3. The van der Waals surface area contributed by atoms with Crippen LogP contribution in [0, 0.1) is 12.7 Å². The molecule has 0 aliphatic heterocycles. The van der Waals surface area contributed by atoms with Crippen LogP contribution in [0.25, 0.3) is 32.4 Å². The first kappa shape index (κ1) is 18.4. The van der Waals surface area contributed by atoms with E-state index in [0.29, 0.717) is 23.3 Å². The molecule has 30 heavy (non-hydrogen) atoms. The van der Waals surface area contributed by atoms with Crippen LogP contribution < -0.4 is 5.73 Å². The molecule has 0 saturated carbocycles. The molecule has 0 spiro atoms. The van der Waals surface area contributed by atoms with Crippen LogP contribution in [0.4, 0.5) is 4.39 Å². The van der Waals surface area contributed by atoms with Gasteiger partial charge in [0.2, 0.25) is 0 Å². The van der Waals surface area contributed by atoms with Gasteiger partial charge in [-0.1, -0.05) is 18.2 Å². The van der Waals surface area contributed by atoms with Crippen molar-refractivity contribution in [2.24, 2.45) is 5.73 Å². The number of fused-ring (bicyclic) bond motifs is 2. The summed E-state index contributed by atoms with van der Waals surface area (Å²) < 4.78 is 16.6. The molecular formula is C23H17FN4OS. The molecule has 0 unspecified atom stereocenters. The van der Waals surface area contributed by atoms with E-state index in [1.807, 2.05) is 47.9 Å². The first-order valence-corrected chi connectivity index (χ1v) is 10.2. The van der Waals surface area contributed by atoms with Gasteiger partial charge in [0.05, 0.1) is 26.3 Å². The maximum atomic E-state index is 13.7. The van der Waals surface area contributed by atoms with Crippen molar-refractivity contribution in [3.8, 4) is 11.1 Å². The molecule has 5 rings (SSSR count). The fraction of sp³-hybridized carbons (Fsp3) is 0.0870. The number of hydrogen-bond donors (Lipinski definition) is 1. The van der Waals surface area contributed by atoms with E-state index in [-0.39, 0.29) is 5.82 Å². The Balaban J connectivity index is 1.78. The number of nitrogens with zero attached hydrogens (tertiary/aromatic N) is 3. The number of carbonyl (C=O) groups is 1. The molecule has 3 aromatic heterocycles. The summed E-state index contributed by atoms with van der Waals surface area (Å²) in [4.78, 5) is 21.7. The van der Waals surface area contributed by atoms with Gasteiger partial charge in [-0.3, -0.25) is 9.78 Å². The van der Waals surface area contributed by atoms with E-state index in [2.05, 4.69) is 9.97 Å². The van der Waals surface area contributed by atoms with Crippen LogP contribution in [-0.2, 0) is 6.54 Å². The Bertz CT molecular complexity index is 1440. The number of primary amides is 1. The van der Waals surface area contributed by atoms with Gasteiger partial charge in [-0.2, -0.15) is 0 Å². The van der Waals surface area contributed by atoms with Crippen LogP contribution >= 0.6 is 11.3 Å². The van der Waals surface area contributed by atoms with E-state index >= 15 is 0 Å². The van der Waals surface area contributed by atoms with Crippen molar-refractivity contribution >= 4 is 38.5 Å². The Morgan fingerprint density at radius 1 is 1.17 bits per heavy atom. The molecule has 0 fully saturated rings. The van der Waals surface area contributed by atoms with E-state index in [4.69, 9.17) is 5.73 Å². The lowest BCUT2D eigenvalue weighted by Gasteiger charge is -2.10. The van der Waals surface area contributed by atoms with E-state index in [1.54, 1.807) is 23.6 Å². The van der Waals surface area contributed by atoms with Crippen LogP contribution in [0.1, 0.15) is 21.1 Å². The molecule has 5 aromatic rings. The molecule has 2 N–H and O–H groups in total. The maximum Gasteiger partial charge on any atom is 0.266 e. The monoisotopic (exact) mass is 416 g/mol. The van der Waals surface area contributed by atoms with Crippen molar-refractivity contribution in [1.29, 1.82) is 0 Å². The fourth-order valence-corrected chi connectivity index (χ4v) is 4.69.